The van der Waals surface area contributed by atoms with Gasteiger partial charge in [-0.1, -0.05) is 30.3 Å². The van der Waals surface area contributed by atoms with Crippen LogP contribution in [0.3, 0.4) is 0 Å². The van der Waals surface area contributed by atoms with Crippen molar-refractivity contribution < 1.29 is 13.9 Å². The molecule has 0 amide bonds. The zero-order valence-electron chi connectivity index (χ0n) is 14.8. The molecule has 28 heavy (non-hydrogen) atoms. The van der Waals surface area contributed by atoms with E-state index in [9.17, 15) is 5.26 Å². The van der Waals surface area contributed by atoms with Gasteiger partial charge in [0.2, 0.25) is 12.7 Å². The van der Waals surface area contributed by atoms with Crippen LogP contribution in [0.1, 0.15) is 11.1 Å². The minimum atomic E-state index is -0.309. The van der Waals surface area contributed by atoms with Gasteiger partial charge in [0, 0.05) is 0 Å². The van der Waals surface area contributed by atoms with Gasteiger partial charge in [0.1, 0.15) is 23.6 Å². The second-order valence-electron chi connectivity index (χ2n) is 6.08. The van der Waals surface area contributed by atoms with E-state index in [2.05, 4.69) is 21.4 Å². The van der Waals surface area contributed by atoms with Gasteiger partial charge in [-0.15, -0.1) is 0 Å². The Labute approximate surface area is 161 Å². The summed E-state index contributed by atoms with van der Waals surface area (Å²) in [5.41, 5.74) is 7.54. The van der Waals surface area contributed by atoms with E-state index in [-0.39, 0.29) is 24.3 Å². The maximum absolute atomic E-state index is 9.73. The van der Waals surface area contributed by atoms with Gasteiger partial charge in [0.15, 0.2) is 17.3 Å². The number of nitrogens with one attached hydrogen (secondary N) is 1. The predicted molar refractivity (Wildman–Crippen MR) is 102 cm³/mol. The molecule has 2 aromatic heterocycles. The van der Waals surface area contributed by atoms with Crippen LogP contribution in [0, 0.1) is 11.3 Å². The zero-order valence-corrected chi connectivity index (χ0v) is 14.8. The first-order chi connectivity index (χ1) is 13.7. The molecule has 3 N–H and O–H groups in total. The van der Waals surface area contributed by atoms with Gasteiger partial charge in [-0.05, 0) is 24.1 Å². The van der Waals surface area contributed by atoms with E-state index in [4.69, 9.17) is 19.6 Å². The Hall–Kier alpha value is -3.99. The van der Waals surface area contributed by atoms with Crippen LogP contribution in [-0.2, 0) is 15.9 Å². The molecule has 0 radical (unpaired) electrons. The monoisotopic (exact) mass is 375 g/mol. The molecule has 0 bridgehead atoms. The van der Waals surface area contributed by atoms with Gasteiger partial charge >= 0.3 is 0 Å². The Balaban J connectivity index is 1.71. The third-order valence-electron chi connectivity index (χ3n) is 4.22. The summed E-state index contributed by atoms with van der Waals surface area (Å²) in [5, 5.41) is 13.0. The summed E-state index contributed by atoms with van der Waals surface area (Å²) in [5.74, 6) is 1.39. The molecule has 0 saturated carbocycles. The van der Waals surface area contributed by atoms with Crippen molar-refractivity contribution in [2.24, 2.45) is 0 Å². The standard InChI is InChI=1S/C20H17N5O3/c21-10-14-18(16-7-4-8-27-16)24-20(22)25-19(14)23-15(17-11-26-12-28-17)9-13-5-2-1-3-6-13/h1-8,11,15H,9,12H2,(H3,22,23,24,25). The third kappa shape index (κ3) is 3.59. The fourth-order valence-electron chi connectivity index (χ4n) is 2.95. The van der Waals surface area contributed by atoms with Crippen molar-refractivity contribution in [3.63, 3.8) is 0 Å². The SMILES string of the molecule is N#Cc1c(NC(Cc2ccccc2)C2=COCO2)nc(N)nc1-c1ccco1. The van der Waals surface area contributed by atoms with Crippen molar-refractivity contribution >= 4 is 11.8 Å². The van der Waals surface area contributed by atoms with Crippen LogP contribution in [0.5, 0.6) is 0 Å². The van der Waals surface area contributed by atoms with Crippen LogP contribution in [0.15, 0.2) is 65.2 Å². The molecule has 0 saturated heterocycles. The Kier molecular flexibility index (Phi) is 4.80. The number of nitrogen functional groups attached to an aromatic ring is 1. The topological polar surface area (TPSA) is 119 Å². The largest absolute Gasteiger partial charge is 0.463 e. The summed E-state index contributed by atoms with van der Waals surface area (Å²) in [6, 6.07) is 15.2. The Morgan fingerprint density at radius 3 is 2.71 bits per heavy atom. The van der Waals surface area contributed by atoms with Crippen molar-refractivity contribution in [3.8, 4) is 17.5 Å². The number of nitrogens with two attached hydrogens (primary N) is 1. The van der Waals surface area contributed by atoms with Crippen LogP contribution in [0.4, 0.5) is 11.8 Å². The Bertz CT molecular complexity index is 1030. The number of furan rings is 1. The highest BCUT2D eigenvalue weighted by molar-refractivity contribution is 5.71. The molecule has 1 unspecified atom stereocenters. The van der Waals surface area contributed by atoms with Crippen molar-refractivity contribution in [1.29, 1.82) is 5.26 Å². The lowest BCUT2D eigenvalue weighted by molar-refractivity contribution is 0.0764. The first-order valence-corrected chi connectivity index (χ1v) is 8.61. The molecular weight excluding hydrogens is 358 g/mol. The molecule has 1 atom stereocenters. The molecule has 3 heterocycles. The maximum atomic E-state index is 9.73. The summed E-state index contributed by atoms with van der Waals surface area (Å²) in [6.07, 6.45) is 3.67. The molecule has 0 spiro atoms. The van der Waals surface area contributed by atoms with Gasteiger partial charge < -0.3 is 24.9 Å². The lowest BCUT2D eigenvalue weighted by atomic mass is 10.0. The minimum Gasteiger partial charge on any atom is -0.463 e. The van der Waals surface area contributed by atoms with E-state index in [0.717, 1.165) is 5.56 Å². The van der Waals surface area contributed by atoms with Crippen molar-refractivity contribution in [2.75, 3.05) is 17.8 Å². The quantitative estimate of drug-likeness (QED) is 0.675. The number of ether oxygens (including phenoxy) is 2. The lowest BCUT2D eigenvalue weighted by Gasteiger charge is -2.20. The molecular formula is C20H17N5O3. The summed E-state index contributed by atoms with van der Waals surface area (Å²) in [6.45, 7) is 0.150. The van der Waals surface area contributed by atoms with E-state index in [1.165, 1.54) is 6.26 Å². The smallest absolute Gasteiger partial charge is 0.229 e. The maximum Gasteiger partial charge on any atom is 0.229 e. The molecule has 8 nitrogen and oxygen atoms in total. The molecule has 0 aliphatic carbocycles. The number of aromatic nitrogens is 2. The van der Waals surface area contributed by atoms with E-state index in [1.807, 2.05) is 30.3 Å². The van der Waals surface area contributed by atoms with Gasteiger partial charge in [-0.3, -0.25) is 0 Å². The number of rotatable bonds is 6. The minimum absolute atomic E-state index is 0.0314. The van der Waals surface area contributed by atoms with Gasteiger partial charge in [-0.25, -0.2) is 4.98 Å². The number of anilines is 2. The second-order valence-corrected chi connectivity index (χ2v) is 6.08. The zero-order chi connectivity index (χ0) is 19.3. The molecule has 140 valence electrons. The van der Waals surface area contributed by atoms with E-state index >= 15 is 0 Å². The summed E-state index contributed by atoms with van der Waals surface area (Å²) < 4.78 is 16.2. The highest BCUT2D eigenvalue weighted by atomic mass is 16.7. The molecule has 1 aliphatic heterocycles. The highest BCUT2D eigenvalue weighted by Gasteiger charge is 2.24. The van der Waals surface area contributed by atoms with Gasteiger partial charge in [0.25, 0.3) is 0 Å². The fourth-order valence-corrected chi connectivity index (χ4v) is 2.95. The van der Waals surface area contributed by atoms with E-state index < -0.39 is 0 Å². The Morgan fingerprint density at radius 2 is 2.04 bits per heavy atom. The number of nitriles is 1. The first-order valence-electron chi connectivity index (χ1n) is 8.61. The number of hydrogen-bond acceptors (Lipinski definition) is 8. The van der Waals surface area contributed by atoms with Crippen LogP contribution in [0.2, 0.25) is 0 Å². The van der Waals surface area contributed by atoms with Gasteiger partial charge in [-0.2, -0.15) is 10.2 Å². The summed E-state index contributed by atoms with van der Waals surface area (Å²) >= 11 is 0. The molecule has 3 aromatic rings. The Morgan fingerprint density at radius 1 is 1.18 bits per heavy atom. The van der Waals surface area contributed by atoms with Crippen LogP contribution in [-0.4, -0.2) is 22.8 Å². The molecule has 1 aliphatic rings. The molecule has 8 heteroatoms. The van der Waals surface area contributed by atoms with Crippen molar-refractivity contribution in [2.45, 2.75) is 12.5 Å². The normalized spacial score (nSPS) is 13.8. The van der Waals surface area contributed by atoms with Crippen LogP contribution >= 0.6 is 0 Å². The van der Waals surface area contributed by atoms with Crippen LogP contribution < -0.4 is 11.1 Å². The molecule has 1 aromatic carbocycles. The van der Waals surface area contributed by atoms with E-state index in [0.29, 0.717) is 29.5 Å². The average molecular weight is 375 g/mol. The van der Waals surface area contributed by atoms with Crippen molar-refractivity contribution in [1.82, 2.24) is 9.97 Å². The van der Waals surface area contributed by atoms with E-state index in [1.54, 1.807) is 18.4 Å². The fraction of sp³-hybridized carbons (Fsp3) is 0.150. The lowest BCUT2D eigenvalue weighted by Crippen LogP contribution is -2.27. The average Bonchev–Trinajstić information content (AvgIpc) is 3.42. The summed E-state index contributed by atoms with van der Waals surface area (Å²) in [7, 11) is 0. The van der Waals surface area contributed by atoms with Gasteiger partial charge in [0.05, 0.1) is 12.3 Å². The predicted octanol–water partition coefficient (Wildman–Crippen LogP) is 3.06. The second kappa shape index (κ2) is 7.72. The number of benzene rings is 1. The number of hydrogen-bond donors (Lipinski definition) is 2. The highest BCUT2D eigenvalue weighted by Crippen LogP contribution is 2.29. The van der Waals surface area contributed by atoms with Crippen molar-refractivity contribution in [3.05, 3.63) is 71.9 Å². The first kappa shape index (κ1) is 17.4. The molecule has 4 rings (SSSR count). The number of nitrogens with zero attached hydrogens (tertiary/aromatic N) is 3. The van der Waals surface area contributed by atoms with Crippen LogP contribution in [0.25, 0.3) is 11.5 Å². The summed E-state index contributed by atoms with van der Waals surface area (Å²) in [4.78, 5) is 8.41. The molecule has 0 fully saturated rings. The third-order valence-corrected chi connectivity index (χ3v) is 4.22.